The smallest absolute Gasteiger partial charge is 0.191 e. The van der Waals surface area contributed by atoms with Crippen LogP contribution in [0.3, 0.4) is 0 Å². The molecule has 4 rings (SSSR count). The maximum Gasteiger partial charge on any atom is 0.191 e. The highest BCUT2D eigenvalue weighted by Gasteiger charge is 2.17. The van der Waals surface area contributed by atoms with Gasteiger partial charge in [-0.2, -0.15) is 0 Å². The molecule has 0 radical (unpaired) electrons. The Morgan fingerprint density at radius 3 is 2.67 bits per heavy atom. The van der Waals surface area contributed by atoms with Crippen molar-refractivity contribution in [3.63, 3.8) is 0 Å². The van der Waals surface area contributed by atoms with Crippen LogP contribution in [0.5, 0.6) is 5.75 Å². The quantitative estimate of drug-likeness (QED) is 0.307. The van der Waals surface area contributed by atoms with Gasteiger partial charge in [0.05, 0.1) is 5.75 Å². The summed E-state index contributed by atoms with van der Waals surface area (Å²) in [5.41, 5.74) is 2.92. The fraction of sp³-hybridized carbons (Fsp3) is 0.261. The molecule has 30 heavy (non-hydrogen) atoms. The summed E-state index contributed by atoms with van der Waals surface area (Å²) in [5, 5.41) is 10.2. The molecule has 0 aliphatic carbocycles. The summed E-state index contributed by atoms with van der Waals surface area (Å²) in [4.78, 5) is 12.9. The molecular weight excluding hydrogens is 396 g/mol. The summed E-state index contributed by atoms with van der Waals surface area (Å²) in [6, 6.07) is 15.9. The molecule has 0 bridgehead atoms. The summed E-state index contributed by atoms with van der Waals surface area (Å²) in [6.07, 6.45) is 1.95. The van der Waals surface area contributed by atoms with E-state index in [2.05, 4.69) is 21.7 Å². The molecule has 2 aromatic heterocycles. The summed E-state index contributed by atoms with van der Waals surface area (Å²) in [7, 11) is 1.90. The van der Waals surface area contributed by atoms with Gasteiger partial charge in [0.1, 0.15) is 12.4 Å². The molecule has 0 aliphatic rings. The van der Waals surface area contributed by atoms with Crippen molar-refractivity contribution in [2.24, 2.45) is 7.05 Å². The van der Waals surface area contributed by atoms with E-state index >= 15 is 0 Å². The summed E-state index contributed by atoms with van der Waals surface area (Å²) in [6.45, 7) is 5.24. The van der Waals surface area contributed by atoms with Crippen LogP contribution in [-0.4, -0.2) is 30.9 Å². The number of thioether (sulfide) groups is 1. The van der Waals surface area contributed by atoms with E-state index in [1.807, 2.05) is 73.3 Å². The van der Waals surface area contributed by atoms with Crippen molar-refractivity contribution in [1.29, 1.82) is 0 Å². The third-order valence-corrected chi connectivity index (χ3v) is 6.16. The molecule has 2 heterocycles. The first-order valence-corrected chi connectivity index (χ1v) is 10.9. The SMILES string of the molecule is CCn1cc(C(=O)CSc2nnc(COc3ccccc3C)n2C)c2ccccc21. The fourth-order valence-corrected chi connectivity index (χ4v) is 4.21. The van der Waals surface area contributed by atoms with Gasteiger partial charge in [0.25, 0.3) is 0 Å². The topological polar surface area (TPSA) is 61.9 Å². The summed E-state index contributed by atoms with van der Waals surface area (Å²) >= 11 is 1.40. The van der Waals surface area contributed by atoms with Crippen LogP contribution < -0.4 is 4.74 Å². The van der Waals surface area contributed by atoms with E-state index in [0.717, 1.165) is 40.1 Å². The molecule has 154 valence electrons. The van der Waals surface area contributed by atoms with Gasteiger partial charge in [0, 0.05) is 36.3 Å². The average molecular weight is 421 g/mol. The normalized spacial score (nSPS) is 11.2. The van der Waals surface area contributed by atoms with E-state index in [1.165, 1.54) is 11.8 Å². The van der Waals surface area contributed by atoms with E-state index in [9.17, 15) is 4.79 Å². The molecule has 0 aliphatic heterocycles. The Bertz CT molecular complexity index is 1200. The number of nitrogens with zero attached hydrogens (tertiary/aromatic N) is 4. The zero-order chi connectivity index (χ0) is 21.1. The number of hydrogen-bond donors (Lipinski definition) is 0. The number of fused-ring (bicyclic) bond motifs is 1. The van der Waals surface area contributed by atoms with Gasteiger partial charge in [-0.1, -0.05) is 48.2 Å². The number of carbonyl (C=O) groups excluding carboxylic acids is 1. The molecule has 0 fully saturated rings. The molecule has 0 saturated heterocycles. The number of ether oxygens (including phenoxy) is 1. The van der Waals surface area contributed by atoms with Crippen molar-refractivity contribution in [2.45, 2.75) is 32.2 Å². The molecule has 0 saturated carbocycles. The fourth-order valence-electron chi connectivity index (χ4n) is 3.40. The highest BCUT2D eigenvalue weighted by atomic mass is 32.2. The van der Waals surface area contributed by atoms with Crippen LogP contribution in [0.15, 0.2) is 59.9 Å². The van der Waals surface area contributed by atoms with Crippen molar-refractivity contribution < 1.29 is 9.53 Å². The number of para-hydroxylation sites is 2. The zero-order valence-electron chi connectivity index (χ0n) is 17.3. The first-order valence-electron chi connectivity index (χ1n) is 9.89. The Balaban J connectivity index is 1.43. The van der Waals surface area contributed by atoms with Crippen LogP contribution in [0.2, 0.25) is 0 Å². The van der Waals surface area contributed by atoms with Gasteiger partial charge < -0.3 is 13.9 Å². The lowest BCUT2D eigenvalue weighted by atomic mass is 10.1. The Morgan fingerprint density at radius 1 is 1.10 bits per heavy atom. The standard InChI is InChI=1S/C23H24N4O2S/c1-4-27-13-18(17-10-6-7-11-19(17)27)20(28)15-30-23-25-24-22(26(23)3)14-29-21-12-8-5-9-16(21)2/h5-13H,4,14-15H2,1-3H3. The maximum atomic E-state index is 12.9. The second-order valence-electron chi connectivity index (χ2n) is 7.07. The lowest BCUT2D eigenvalue weighted by molar-refractivity contribution is 0.102. The van der Waals surface area contributed by atoms with Crippen LogP contribution in [-0.2, 0) is 20.2 Å². The number of Topliss-reactive ketones (excluding diaryl/α,β-unsaturated/α-hetero) is 1. The number of aromatic nitrogens is 4. The molecule has 0 unspecified atom stereocenters. The molecule has 0 amide bonds. The minimum atomic E-state index is 0.0871. The molecule has 6 nitrogen and oxygen atoms in total. The van der Waals surface area contributed by atoms with Crippen molar-refractivity contribution in [2.75, 3.05) is 5.75 Å². The zero-order valence-corrected chi connectivity index (χ0v) is 18.1. The first kappa shape index (κ1) is 20.2. The van der Waals surface area contributed by atoms with Crippen molar-refractivity contribution in [3.05, 3.63) is 71.7 Å². The molecule has 4 aromatic rings. The van der Waals surface area contributed by atoms with Gasteiger partial charge in [0.15, 0.2) is 16.8 Å². The van der Waals surface area contributed by atoms with E-state index in [-0.39, 0.29) is 5.78 Å². The second-order valence-corrected chi connectivity index (χ2v) is 8.01. The first-order chi connectivity index (χ1) is 14.6. The highest BCUT2D eigenvalue weighted by molar-refractivity contribution is 7.99. The molecule has 7 heteroatoms. The lowest BCUT2D eigenvalue weighted by Crippen LogP contribution is -2.06. The van der Waals surface area contributed by atoms with Crippen molar-refractivity contribution in [1.82, 2.24) is 19.3 Å². The van der Waals surface area contributed by atoms with Gasteiger partial charge >= 0.3 is 0 Å². The predicted octanol–water partition coefficient (Wildman–Crippen LogP) is 4.65. The predicted molar refractivity (Wildman–Crippen MR) is 119 cm³/mol. The van der Waals surface area contributed by atoms with Crippen molar-refractivity contribution in [3.8, 4) is 5.75 Å². The van der Waals surface area contributed by atoms with E-state index in [1.54, 1.807) is 0 Å². The molecule has 0 N–H and O–H groups in total. The highest BCUT2D eigenvalue weighted by Crippen LogP contribution is 2.25. The van der Waals surface area contributed by atoms with Crippen LogP contribution in [0.25, 0.3) is 10.9 Å². The Labute approximate surface area is 179 Å². The molecular formula is C23H24N4O2S. The Kier molecular flexibility index (Phi) is 5.90. The molecule has 2 aromatic carbocycles. The van der Waals surface area contributed by atoms with Crippen LogP contribution in [0.1, 0.15) is 28.7 Å². The number of benzene rings is 2. The van der Waals surface area contributed by atoms with E-state index in [0.29, 0.717) is 17.5 Å². The van der Waals surface area contributed by atoms with E-state index < -0.39 is 0 Å². The minimum Gasteiger partial charge on any atom is -0.485 e. The molecule has 0 spiro atoms. The number of aryl methyl sites for hydroxylation is 2. The van der Waals surface area contributed by atoms with Gasteiger partial charge in [0.2, 0.25) is 0 Å². The average Bonchev–Trinajstić information content (AvgIpc) is 3.32. The third-order valence-electron chi connectivity index (χ3n) is 5.14. The number of hydrogen-bond acceptors (Lipinski definition) is 5. The largest absolute Gasteiger partial charge is 0.485 e. The Hall–Kier alpha value is -3.06. The number of carbonyl (C=O) groups is 1. The lowest BCUT2D eigenvalue weighted by Gasteiger charge is -2.08. The van der Waals surface area contributed by atoms with E-state index in [4.69, 9.17) is 4.74 Å². The summed E-state index contributed by atoms with van der Waals surface area (Å²) < 4.78 is 9.86. The second kappa shape index (κ2) is 8.75. The monoisotopic (exact) mass is 420 g/mol. The number of rotatable bonds is 8. The molecule has 0 atom stereocenters. The third kappa shape index (κ3) is 3.98. The number of ketones is 1. The minimum absolute atomic E-state index is 0.0871. The Morgan fingerprint density at radius 2 is 1.87 bits per heavy atom. The van der Waals surface area contributed by atoms with Crippen LogP contribution in [0.4, 0.5) is 0 Å². The maximum absolute atomic E-state index is 12.9. The van der Waals surface area contributed by atoms with Gasteiger partial charge in [-0.25, -0.2) is 0 Å². The van der Waals surface area contributed by atoms with Gasteiger partial charge in [-0.3, -0.25) is 4.79 Å². The van der Waals surface area contributed by atoms with Gasteiger partial charge in [-0.15, -0.1) is 10.2 Å². The van der Waals surface area contributed by atoms with Crippen LogP contribution in [0, 0.1) is 6.92 Å². The van der Waals surface area contributed by atoms with Crippen LogP contribution >= 0.6 is 11.8 Å². The van der Waals surface area contributed by atoms with Crippen molar-refractivity contribution >= 4 is 28.4 Å². The van der Waals surface area contributed by atoms with Gasteiger partial charge in [-0.05, 0) is 31.5 Å². The summed E-state index contributed by atoms with van der Waals surface area (Å²) in [5.74, 6) is 1.94.